The van der Waals surface area contributed by atoms with E-state index in [-0.39, 0.29) is 5.41 Å². The number of carbonyl (C=O) groups excluding carboxylic acids is 1. The number of piperidine rings is 1. The summed E-state index contributed by atoms with van der Waals surface area (Å²) in [5.41, 5.74) is -0.0758. The lowest BCUT2D eigenvalue weighted by Gasteiger charge is -2.35. The molecule has 3 nitrogen and oxygen atoms in total. The second-order valence-corrected chi connectivity index (χ2v) is 5.18. The van der Waals surface area contributed by atoms with Crippen molar-refractivity contribution in [1.29, 1.82) is 0 Å². The molecule has 0 aromatic carbocycles. The van der Waals surface area contributed by atoms with Crippen molar-refractivity contribution in [2.24, 2.45) is 11.3 Å². The summed E-state index contributed by atoms with van der Waals surface area (Å²) in [6.45, 7) is 6.32. The lowest BCUT2D eigenvalue weighted by atomic mass is 9.76. The number of rotatable bonds is 3. The highest BCUT2D eigenvalue weighted by Gasteiger charge is 2.42. The molecule has 1 amide bonds. The lowest BCUT2D eigenvalue weighted by Crippen LogP contribution is -2.48. The average molecular weight is 210 g/mol. The molecule has 2 unspecified atom stereocenters. The minimum atomic E-state index is -0.0758. The summed E-state index contributed by atoms with van der Waals surface area (Å²) in [4.78, 5) is 12.2. The van der Waals surface area contributed by atoms with E-state index in [9.17, 15) is 4.79 Å². The first-order chi connectivity index (χ1) is 7.18. The summed E-state index contributed by atoms with van der Waals surface area (Å²) >= 11 is 0. The fourth-order valence-corrected chi connectivity index (χ4v) is 2.49. The number of hydrogen-bond acceptors (Lipinski definition) is 2. The summed E-state index contributed by atoms with van der Waals surface area (Å²) in [5.74, 6) is 1.01. The smallest absolute Gasteiger partial charge is 0.226 e. The first-order valence-electron chi connectivity index (χ1n) is 6.19. The molecule has 0 spiro atoms. The summed E-state index contributed by atoms with van der Waals surface area (Å²) in [6.07, 6.45) is 4.14. The van der Waals surface area contributed by atoms with Crippen LogP contribution in [0, 0.1) is 11.3 Å². The Morgan fingerprint density at radius 2 is 2.07 bits per heavy atom. The van der Waals surface area contributed by atoms with E-state index < -0.39 is 0 Å². The van der Waals surface area contributed by atoms with Crippen molar-refractivity contribution in [2.45, 2.75) is 45.6 Å². The highest BCUT2D eigenvalue weighted by Crippen LogP contribution is 2.35. The summed E-state index contributed by atoms with van der Waals surface area (Å²) in [6, 6.07) is 0.468. The van der Waals surface area contributed by atoms with Gasteiger partial charge in [0.15, 0.2) is 0 Å². The summed E-state index contributed by atoms with van der Waals surface area (Å²) < 4.78 is 0. The minimum Gasteiger partial charge on any atom is -0.353 e. The van der Waals surface area contributed by atoms with Crippen molar-refractivity contribution < 1.29 is 4.79 Å². The van der Waals surface area contributed by atoms with Gasteiger partial charge >= 0.3 is 0 Å². The van der Waals surface area contributed by atoms with E-state index in [0.29, 0.717) is 17.9 Å². The molecular weight excluding hydrogens is 188 g/mol. The van der Waals surface area contributed by atoms with Crippen LogP contribution in [0.4, 0.5) is 0 Å². The van der Waals surface area contributed by atoms with Crippen LogP contribution < -0.4 is 10.6 Å². The van der Waals surface area contributed by atoms with Crippen LogP contribution >= 0.6 is 0 Å². The molecule has 2 atom stereocenters. The molecular formula is C12H22N2O. The second-order valence-electron chi connectivity index (χ2n) is 5.18. The number of hydrogen-bond donors (Lipinski definition) is 2. The molecule has 2 fully saturated rings. The molecule has 1 saturated heterocycles. The topological polar surface area (TPSA) is 41.1 Å². The quantitative estimate of drug-likeness (QED) is 0.737. The molecule has 1 aliphatic heterocycles. The monoisotopic (exact) mass is 210 g/mol. The van der Waals surface area contributed by atoms with Crippen molar-refractivity contribution in [2.75, 3.05) is 13.1 Å². The van der Waals surface area contributed by atoms with E-state index in [1.807, 2.05) is 0 Å². The summed E-state index contributed by atoms with van der Waals surface area (Å²) in [5, 5.41) is 6.52. The van der Waals surface area contributed by atoms with Crippen molar-refractivity contribution in [3.8, 4) is 0 Å². The van der Waals surface area contributed by atoms with E-state index in [4.69, 9.17) is 0 Å². The van der Waals surface area contributed by atoms with Crippen LogP contribution in [0.5, 0.6) is 0 Å². The standard InChI is InChI=1S/C12H22N2O/c1-3-12(4-6-13-7-5-12)11(15)14-10-8-9(10)2/h9-10,13H,3-8H2,1-2H3,(H,14,15). The molecule has 0 radical (unpaired) electrons. The lowest BCUT2D eigenvalue weighted by molar-refractivity contribution is -0.133. The van der Waals surface area contributed by atoms with Crippen LogP contribution in [-0.2, 0) is 4.79 Å². The Labute approximate surface area is 92.0 Å². The van der Waals surface area contributed by atoms with Crippen LogP contribution in [0.25, 0.3) is 0 Å². The zero-order chi connectivity index (χ0) is 10.9. The fraction of sp³-hybridized carbons (Fsp3) is 0.917. The van der Waals surface area contributed by atoms with Crippen LogP contribution in [0.3, 0.4) is 0 Å². The Hall–Kier alpha value is -0.570. The van der Waals surface area contributed by atoms with Crippen LogP contribution in [0.2, 0.25) is 0 Å². The fourth-order valence-electron chi connectivity index (χ4n) is 2.49. The number of carbonyl (C=O) groups is 1. The minimum absolute atomic E-state index is 0.0758. The average Bonchev–Trinajstić information content (AvgIpc) is 2.95. The van der Waals surface area contributed by atoms with Gasteiger partial charge < -0.3 is 10.6 Å². The third-order valence-electron chi connectivity index (χ3n) is 4.15. The van der Waals surface area contributed by atoms with E-state index in [1.54, 1.807) is 0 Å². The number of amides is 1. The molecule has 2 rings (SSSR count). The van der Waals surface area contributed by atoms with Gasteiger partial charge in [0, 0.05) is 6.04 Å². The van der Waals surface area contributed by atoms with Crippen molar-refractivity contribution in [3.63, 3.8) is 0 Å². The number of nitrogens with one attached hydrogen (secondary N) is 2. The van der Waals surface area contributed by atoms with Gasteiger partial charge in [-0.2, -0.15) is 0 Å². The molecule has 0 aromatic rings. The Balaban J connectivity index is 1.94. The normalized spacial score (nSPS) is 33.5. The molecule has 1 aliphatic carbocycles. The molecule has 3 heteroatoms. The van der Waals surface area contributed by atoms with E-state index in [2.05, 4.69) is 24.5 Å². The predicted octanol–water partition coefficient (Wildman–Crippen LogP) is 1.29. The molecule has 86 valence electrons. The third-order valence-corrected chi connectivity index (χ3v) is 4.15. The predicted molar refractivity (Wildman–Crippen MR) is 60.5 cm³/mol. The van der Waals surface area contributed by atoms with Gasteiger partial charge in [-0.1, -0.05) is 13.8 Å². The van der Waals surface area contributed by atoms with Gasteiger partial charge in [-0.25, -0.2) is 0 Å². The van der Waals surface area contributed by atoms with Gasteiger partial charge in [0.1, 0.15) is 0 Å². The summed E-state index contributed by atoms with van der Waals surface area (Å²) in [7, 11) is 0. The van der Waals surface area contributed by atoms with Crippen LogP contribution in [-0.4, -0.2) is 25.0 Å². The van der Waals surface area contributed by atoms with Crippen molar-refractivity contribution in [1.82, 2.24) is 10.6 Å². The molecule has 15 heavy (non-hydrogen) atoms. The Morgan fingerprint density at radius 3 is 2.53 bits per heavy atom. The second kappa shape index (κ2) is 4.12. The molecule has 1 heterocycles. The van der Waals surface area contributed by atoms with Gasteiger partial charge in [0.25, 0.3) is 0 Å². The van der Waals surface area contributed by atoms with Gasteiger partial charge in [-0.15, -0.1) is 0 Å². The maximum absolute atomic E-state index is 12.2. The van der Waals surface area contributed by atoms with Gasteiger partial charge in [0.2, 0.25) is 5.91 Å². The largest absolute Gasteiger partial charge is 0.353 e. The third kappa shape index (κ3) is 2.17. The van der Waals surface area contributed by atoms with E-state index in [0.717, 1.165) is 32.4 Å². The van der Waals surface area contributed by atoms with Gasteiger partial charge in [0.05, 0.1) is 5.41 Å². The molecule has 2 N–H and O–H groups in total. The molecule has 1 saturated carbocycles. The van der Waals surface area contributed by atoms with E-state index in [1.165, 1.54) is 6.42 Å². The van der Waals surface area contributed by atoms with Crippen LogP contribution in [0.15, 0.2) is 0 Å². The molecule has 0 aromatic heterocycles. The highest BCUT2D eigenvalue weighted by molar-refractivity contribution is 5.83. The molecule has 0 bridgehead atoms. The van der Waals surface area contributed by atoms with Gasteiger partial charge in [-0.05, 0) is 44.7 Å². The Bertz CT molecular complexity index is 246. The SMILES string of the molecule is CCC1(C(=O)NC2CC2C)CCNCC1. The van der Waals surface area contributed by atoms with Gasteiger partial charge in [-0.3, -0.25) is 4.79 Å². The Morgan fingerprint density at radius 1 is 1.47 bits per heavy atom. The maximum Gasteiger partial charge on any atom is 0.226 e. The molecule has 2 aliphatic rings. The Kier molecular flexibility index (Phi) is 3.01. The maximum atomic E-state index is 12.2. The highest BCUT2D eigenvalue weighted by atomic mass is 16.2. The van der Waals surface area contributed by atoms with Crippen LogP contribution in [0.1, 0.15) is 39.5 Å². The zero-order valence-corrected chi connectivity index (χ0v) is 9.81. The first-order valence-corrected chi connectivity index (χ1v) is 6.19. The van der Waals surface area contributed by atoms with E-state index >= 15 is 0 Å². The van der Waals surface area contributed by atoms with Crippen molar-refractivity contribution in [3.05, 3.63) is 0 Å². The van der Waals surface area contributed by atoms with Crippen molar-refractivity contribution >= 4 is 5.91 Å². The zero-order valence-electron chi connectivity index (χ0n) is 9.81. The first kappa shape index (κ1) is 10.9.